The molecule has 0 saturated heterocycles. The number of carbonyl (C=O) groups excluding carboxylic acids is 1. The fourth-order valence-electron chi connectivity index (χ4n) is 0. The molecule has 0 rings (SSSR count). The van der Waals surface area contributed by atoms with E-state index in [-0.39, 0.29) is 17.1 Å². The van der Waals surface area contributed by atoms with Gasteiger partial charge in [0.15, 0.2) is 0 Å². The third kappa shape index (κ3) is 1350000. The molecule has 0 heterocycles. The molecule has 0 aromatic rings. The first kappa shape index (κ1) is 15.7. The molecule has 0 aliphatic rings. The molecule has 53 valence electrons. The number of hydrogen-bond acceptors (Lipinski definition) is 2. The summed E-state index contributed by atoms with van der Waals surface area (Å²) in [6.45, 7) is 5.75. The Morgan fingerprint density at radius 3 is 1.38 bits per heavy atom. The Kier molecular flexibility index (Phi) is 30.9. The molecule has 0 amide bonds. The Labute approximate surface area is 60.8 Å². The fourth-order valence-corrected chi connectivity index (χ4v) is 0. The van der Waals surface area contributed by atoms with Crippen molar-refractivity contribution in [2.75, 3.05) is 0 Å². The molecule has 0 atom stereocenters. The van der Waals surface area contributed by atoms with Gasteiger partial charge in [0, 0.05) is 6.47 Å². The monoisotopic (exact) mass is 165 g/mol. The molecule has 3 heteroatoms. The minimum atomic E-state index is -0.500. The molecule has 0 aliphatic heterocycles. The van der Waals surface area contributed by atoms with E-state index in [1.807, 2.05) is 0 Å². The molecule has 0 aromatic heterocycles. The minimum absolute atomic E-state index is 0. The Balaban J connectivity index is -0.0000000575. The van der Waals surface area contributed by atoms with Gasteiger partial charge in [-0.15, -0.1) is 0 Å². The summed E-state index contributed by atoms with van der Waals surface area (Å²) in [5.41, 5.74) is 0. The van der Waals surface area contributed by atoms with Crippen molar-refractivity contribution in [3.8, 4) is 0 Å². The number of rotatable bonds is 0. The number of carbonyl (C=O) groups is 1. The van der Waals surface area contributed by atoms with Crippen molar-refractivity contribution in [1.29, 1.82) is 0 Å². The molecule has 0 spiro atoms. The zero-order valence-corrected chi connectivity index (χ0v) is 6.14. The standard InChI is InChI=1S/C4H9.CH2O2.Cu/c1-4(2)3;2-1-3;/h1-3H3;1H,(H,2,3);/q-1;;+2/p-1. The van der Waals surface area contributed by atoms with Gasteiger partial charge in [0.25, 0.3) is 0 Å². The van der Waals surface area contributed by atoms with Crippen LogP contribution in [0.15, 0.2) is 0 Å². The van der Waals surface area contributed by atoms with Gasteiger partial charge < -0.3 is 15.8 Å². The van der Waals surface area contributed by atoms with E-state index in [9.17, 15) is 0 Å². The van der Waals surface area contributed by atoms with E-state index in [0.717, 1.165) is 0 Å². The first-order valence-electron chi connectivity index (χ1n) is 1.97. The van der Waals surface area contributed by atoms with Gasteiger partial charge in [-0.2, -0.15) is 20.8 Å². The van der Waals surface area contributed by atoms with Crippen LogP contribution in [0.3, 0.4) is 0 Å². The summed E-state index contributed by atoms with van der Waals surface area (Å²) < 4.78 is 0. The first-order valence-corrected chi connectivity index (χ1v) is 1.97. The van der Waals surface area contributed by atoms with Crippen LogP contribution in [0.2, 0.25) is 0 Å². The number of hydrogen-bond donors (Lipinski definition) is 0. The van der Waals surface area contributed by atoms with Crippen LogP contribution < -0.4 is 5.11 Å². The summed E-state index contributed by atoms with van der Waals surface area (Å²) in [6.07, 6.45) is 0. The summed E-state index contributed by atoms with van der Waals surface area (Å²) in [6, 6.07) is 0. The third-order valence-corrected chi connectivity index (χ3v) is 0. The van der Waals surface area contributed by atoms with E-state index in [2.05, 4.69) is 20.8 Å². The van der Waals surface area contributed by atoms with Crippen LogP contribution >= 0.6 is 0 Å². The molecule has 0 N–H and O–H groups in total. The summed E-state index contributed by atoms with van der Waals surface area (Å²) in [7, 11) is 0. The fraction of sp³-hybridized carbons (Fsp3) is 0.600. The van der Waals surface area contributed by atoms with Gasteiger partial charge in [-0.05, 0) is 0 Å². The van der Waals surface area contributed by atoms with Crippen molar-refractivity contribution < 1.29 is 27.0 Å². The van der Waals surface area contributed by atoms with Crippen LogP contribution in [0, 0.1) is 5.92 Å². The Bertz CT molecular complexity index is 34.7. The van der Waals surface area contributed by atoms with Crippen LogP contribution in [0.5, 0.6) is 0 Å². The minimum Gasteiger partial charge on any atom is -0.554 e. The third-order valence-electron chi connectivity index (χ3n) is 0. The van der Waals surface area contributed by atoms with Crippen LogP contribution in [-0.2, 0) is 21.9 Å². The average Bonchev–Trinajstić information content (AvgIpc) is 1.33. The van der Waals surface area contributed by atoms with Gasteiger partial charge in [0.1, 0.15) is 0 Å². The summed E-state index contributed by atoms with van der Waals surface area (Å²) >= 11 is 0. The maximum Gasteiger partial charge on any atom is 2.00 e. The van der Waals surface area contributed by atoms with Crippen molar-refractivity contribution in [2.24, 2.45) is 0 Å². The molecule has 0 aliphatic carbocycles. The Hall–Kier alpha value is -0.0105. The van der Waals surface area contributed by atoms with Crippen LogP contribution in [0.1, 0.15) is 20.8 Å². The van der Waals surface area contributed by atoms with Crippen LogP contribution in [0.4, 0.5) is 0 Å². The normalized spacial score (nSPS) is 6.00. The molecule has 1 radical (unpaired) electrons. The SMILES string of the molecule is C[C-](C)C.O=C[O-].[Cu+2]. The van der Waals surface area contributed by atoms with Crippen LogP contribution in [0.25, 0.3) is 0 Å². The summed E-state index contributed by atoms with van der Waals surface area (Å²) in [5, 5.41) is 8.25. The summed E-state index contributed by atoms with van der Waals surface area (Å²) in [5.74, 6) is 1.42. The average molecular weight is 166 g/mol. The molecule has 0 bridgehead atoms. The molecular weight excluding hydrogens is 156 g/mol. The Morgan fingerprint density at radius 2 is 1.38 bits per heavy atom. The van der Waals surface area contributed by atoms with E-state index in [0.29, 0.717) is 0 Å². The van der Waals surface area contributed by atoms with Gasteiger partial charge in [-0.3, -0.25) is 0 Å². The van der Waals surface area contributed by atoms with Gasteiger partial charge in [-0.1, -0.05) is 0 Å². The van der Waals surface area contributed by atoms with Crippen molar-refractivity contribution >= 4 is 6.47 Å². The van der Waals surface area contributed by atoms with E-state index >= 15 is 0 Å². The van der Waals surface area contributed by atoms with Gasteiger partial charge >= 0.3 is 17.1 Å². The predicted molar refractivity (Wildman–Crippen MR) is 26.3 cm³/mol. The predicted octanol–water partition coefficient (Wildman–Crippen LogP) is -0.0158. The first-order chi connectivity index (χ1) is 3.15. The quantitative estimate of drug-likeness (QED) is 0.288. The van der Waals surface area contributed by atoms with E-state index in [1.54, 1.807) is 0 Å². The molecule has 0 aromatic carbocycles. The van der Waals surface area contributed by atoms with Crippen LogP contribution in [-0.4, -0.2) is 6.47 Å². The Morgan fingerprint density at radius 1 is 1.38 bits per heavy atom. The van der Waals surface area contributed by atoms with Gasteiger partial charge in [0.05, 0.1) is 0 Å². The van der Waals surface area contributed by atoms with Crippen molar-refractivity contribution in [3.05, 3.63) is 5.92 Å². The topological polar surface area (TPSA) is 40.1 Å². The van der Waals surface area contributed by atoms with Gasteiger partial charge in [0.2, 0.25) is 0 Å². The van der Waals surface area contributed by atoms with Crippen molar-refractivity contribution in [2.45, 2.75) is 20.8 Å². The second kappa shape index (κ2) is 15.8. The smallest absolute Gasteiger partial charge is 0.554 e. The molecule has 0 fully saturated rings. The zero-order valence-electron chi connectivity index (χ0n) is 5.20. The molecule has 0 unspecified atom stereocenters. The van der Waals surface area contributed by atoms with E-state index in [4.69, 9.17) is 9.90 Å². The van der Waals surface area contributed by atoms with Gasteiger partial charge in [-0.25, -0.2) is 0 Å². The largest absolute Gasteiger partial charge is 2.00 e. The zero-order chi connectivity index (χ0) is 6.28. The van der Waals surface area contributed by atoms with Crippen molar-refractivity contribution in [3.63, 3.8) is 0 Å². The maximum atomic E-state index is 8.25. The molecule has 0 saturated carbocycles. The maximum absolute atomic E-state index is 8.25. The number of carboxylic acid groups (broad SMARTS) is 1. The van der Waals surface area contributed by atoms with Crippen molar-refractivity contribution in [1.82, 2.24) is 0 Å². The molecular formula is C5H10CuO2. The van der Waals surface area contributed by atoms with E-state index < -0.39 is 6.47 Å². The van der Waals surface area contributed by atoms with E-state index in [1.165, 1.54) is 5.92 Å². The summed E-state index contributed by atoms with van der Waals surface area (Å²) in [4.78, 5) is 8.25. The molecule has 2 nitrogen and oxygen atoms in total. The second-order valence-corrected chi connectivity index (χ2v) is 1.60. The molecule has 8 heavy (non-hydrogen) atoms. The second-order valence-electron chi connectivity index (χ2n) is 1.60.